The van der Waals surface area contributed by atoms with Gasteiger partial charge in [0.05, 0.1) is 13.5 Å². The molecule has 0 aromatic rings. The molecule has 0 aromatic carbocycles. The predicted molar refractivity (Wildman–Crippen MR) is 78.5 cm³/mol. The third kappa shape index (κ3) is 6.26. The number of amides is 2. The van der Waals surface area contributed by atoms with Crippen LogP contribution in [-0.2, 0) is 9.53 Å². The number of carbonyl (C=O) groups is 2. The SMILES string of the molecule is CCCCN(CCC(=O)OC)C(=O)NC1CCCCC1. The number of methoxy groups -OCH3 is 1. The van der Waals surface area contributed by atoms with Crippen LogP contribution >= 0.6 is 0 Å². The van der Waals surface area contributed by atoms with Crippen molar-refractivity contribution in [1.29, 1.82) is 0 Å². The fourth-order valence-corrected chi connectivity index (χ4v) is 2.51. The van der Waals surface area contributed by atoms with E-state index in [0.717, 1.165) is 25.7 Å². The molecule has 0 aliphatic heterocycles. The number of rotatable bonds is 7. The van der Waals surface area contributed by atoms with E-state index < -0.39 is 0 Å². The zero-order valence-corrected chi connectivity index (χ0v) is 12.8. The van der Waals surface area contributed by atoms with Gasteiger partial charge in [0, 0.05) is 19.1 Å². The van der Waals surface area contributed by atoms with Crippen molar-refractivity contribution in [2.24, 2.45) is 0 Å². The molecule has 0 aromatic heterocycles. The van der Waals surface area contributed by atoms with E-state index in [-0.39, 0.29) is 18.4 Å². The number of ether oxygens (including phenoxy) is 1. The monoisotopic (exact) mass is 284 g/mol. The van der Waals surface area contributed by atoms with Crippen molar-refractivity contribution in [1.82, 2.24) is 10.2 Å². The van der Waals surface area contributed by atoms with Crippen LogP contribution in [0.25, 0.3) is 0 Å². The van der Waals surface area contributed by atoms with Crippen molar-refractivity contribution in [3.05, 3.63) is 0 Å². The number of carbonyl (C=O) groups excluding carboxylic acids is 2. The Morgan fingerprint density at radius 1 is 1.20 bits per heavy atom. The van der Waals surface area contributed by atoms with Gasteiger partial charge in [-0.1, -0.05) is 32.6 Å². The zero-order chi connectivity index (χ0) is 14.8. The van der Waals surface area contributed by atoms with Crippen LogP contribution in [0.2, 0.25) is 0 Å². The summed E-state index contributed by atoms with van der Waals surface area (Å²) in [7, 11) is 1.38. The van der Waals surface area contributed by atoms with Crippen LogP contribution in [0.3, 0.4) is 0 Å². The van der Waals surface area contributed by atoms with Crippen LogP contribution in [0.4, 0.5) is 4.79 Å². The number of hydrogen-bond donors (Lipinski definition) is 1. The van der Waals surface area contributed by atoms with Crippen LogP contribution in [0.15, 0.2) is 0 Å². The smallest absolute Gasteiger partial charge is 0.317 e. The van der Waals surface area contributed by atoms with E-state index in [9.17, 15) is 9.59 Å². The Hall–Kier alpha value is -1.26. The molecule has 0 atom stereocenters. The molecule has 0 heterocycles. The molecule has 0 radical (unpaired) electrons. The number of urea groups is 1. The first-order valence-electron chi connectivity index (χ1n) is 7.79. The third-order valence-electron chi connectivity index (χ3n) is 3.82. The number of hydrogen-bond acceptors (Lipinski definition) is 3. The Morgan fingerprint density at radius 2 is 1.90 bits per heavy atom. The minimum Gasteiger partial charge on any atom is -0.469 e. The highest BCUT2D eigenvalue weighted by molar-refractivity contribution is 5.76. The first kappa shape index (κ1) is 16.8. The minimum atomic E-state index is -0.267. The molecule has 0 spiro atoms. The Bertz CT molecular complexity index is 301. The molecule has 1 saturated carbocycles. The second-order valence-electron chi connectivity index (χ2n) is 5.45. The lowest BCUT2D eigenvalue weighted by atomic mass is 9.96. The number of nitrogens with one attached hydrogen (secondary N) is 1. The normalized spacial score (nSPS) is 15.7. The number of esters is 1. The molecule has 1 N–H and O–H groups in total. The molecule has 0 bridgehead atoms. The lowest BCUT2D eigenvalue weighted by Gasteiger charge is -2.28. The molecule has 116 valence electrons. The fraction of sp³-hybridized carbons (Fsp3) is 0.867. The van der Waals surface area contributed by atoms with E-state index in [1.807, 2.05) is 0 Å². The molecule has 0 unspecified atom stereocenters. The van der Waals surface area contributed by atoms with Gasteiger partial charge in [0.2, 0.25) is 0 Å². The van der Waals surface area contributed by atoms with E-state index in [1.54, 1.807) is 4.90 Å². The Kier molecular flexibility index (Phi) is 8.07. The summed E-state index contributed by atoms with van der Waals surface area (Å²) in [6.07, 6.45) is 8.07. The molecular weight excluding hydrogens is 256 g/mol. The molecule has 5 nitrogen and oxygen atoms in total. The van der Waals surface area contributed by atoms with Gasteiger partial charge in [-0.25, -0.2) is 4.79 Å². The molecular formula is C15H28N2O3. The van der Waals surface area contributed by atoms with E-state index in [4.69, 9.17) is 0 Å². The molecule has 0 saturated heterocycles. The van der Waals surface area contributed by atoms with Crippen molar-refractivity contribution in [2.75, 3.05) is 20.2 Å². The lowest BCUT2D eigenvalue weighted by molar-refractivity contribution is -0.140. The van der Waals surface area contributed by atoms with Crippen LogP contribution < -0.4 is 5.32 Å². The third-order valence-corrected chi connectivity index (χ3v) is 3.82. The van der Waals surface area contributed by atoms with E-state index in [1.165, 1.54) is 26.4 Å². The molecule has 1 aliphatic rings. The number of nitrogens with zero attached hydrogens (tertiary/aromatic N) is 1. The van der Waals surface area contributed by atoms with Gasteiger partial charge in [-0.05, 0) is 19.3 Å². The molecule has 5 heteroatoms. The Labute approximate surface area is 122 Å². The molecule has 1 fully saturated rings. The molecule has 1 rings (SSSR count). The molecule has 1 aliphatic carbocycles. The quantitative estimate of drug-likeness (QED) is 0.731. The topological polar surface area (TPSA) is 58.6 Å². The highest BCUT2D eigenvalue weighted by Crippen LogP contribution is 2.17. The maximum Gasteiger partial charge on any atom is 0.317 e. The van der Waals surface area contributed by atoms with Gasteiger partial charge >= 0.3 is 12.0 Å². The summed E-state index contributed by atoms with van der Waals surface area (Å²) >= 11 is 0. The molecule has 2 amide bonds. The van der Waals surface area contributed by atoms with E-state index >= 15 is 0 Å². The summed E-state index contributed by atoms with van der Waals surface area (Å²) in [5, 5.41) is 3.10. The highest BCUT2D eigenvalue weighted by Gasteiger charge is 2.20. The van der Waals surface area contributed by atoms with Gasteiger partial charge in [-0.2, -0.15) is 0 Å². The maximum absolute atomic E-state index is 12.3. The van der Waals surface area contributed by atoms with Crippen LogP contribution in [0.5, 0.6) is 0 Å². The average molecular weight is 284 g/mol. The van der Waals surface area contributed by atoms with Gasteiger partial charge in [-0.15, -0.1) is 0 Å². The van der Waals surface area contributed by atoms with Crippen molar-refractivity contribution in [3.8, 4) is 0 Å². The predicted octanol–water partition coefficient (Wildman–Crippen LogP) is 2.69. The van der Waals surface area contributed by atoms with Crippen molar-refractivity contribution >= 4 is 12.0 Å². The number of unbranched alkanes of at least 4 members (excludes halogenated alkanes) is 1. The minimum absolute atomic E-state index is 0.0331. The first-order valence-corrected chi connectivity index (χ1v) is 7.79. The second-order valence-corrected chi connectivity index (χ2v) is 5.45. The van der Waals surface area contributed by atoms with Gasteiger partial charge < -0.3 is 15.0 Å². The second kappa shape index (κ2) is 9.61. The first-order chi connectivity index (χ1) is 9.67. The summed E-state index contributed by atoms with van der Waals surface area (Å²) in [5.74, 6) is -0.267. The summed E-state index contributed by atoms with van der Waals surface area (Å²) in [6, 6.07) is 0.271. The highest BCUT2D eigenvalue weighted by atomic mass is 16.5. The Morgan fingerprint density at radius 3 is 2.50 bits per heavy atom. The zero-order valence-electron chi connectivity index (χ0n) is 12.8. The molecule has 20 heavy (non-hydrogen) atoms. The summed E-state index contributed by atoms with van der Waals surface area (Å²) < 4.78 is 4.64. The largest absolute Gasteiger partial charge is 0.469 e. The maximum atomic E-state index is 12.3. The summed E-state index contributed by atoms with van der Waals surface area (Å²) in [6.45, 7) is 3.23. The van der Waals surface area contributed by atoms with E-state index in [2.05, 4.69) is 17.0 Å². The van der Waals surface area contributed by atoms with Crippen LogP contribution in [0, 0.1) is 0 Å². The van der Waals surface area contributed by atoms with Crippen LogP contribution in [0.1, 0.15) is 58.3 Å². The Balaban J connectivity index is 2.42. The van der Waals surface area contributed by atoms with Gasteiger partial charge in [0.1, 0.15) is 0 Å². The van der Waals surface area contributed by atoms with Gasteiger partial charge in [-0.3, -0.25) is 4.79 Å². The standard InChI is InChI=1S/C15H28N2O3/c1-3-4-11-17(12-10-14(18)20-2)15(19)16-13-8-6-5-7-9-13/h13H,3-12H2,1-2H3,(H,16,19). The lowest BCUT2D eigenvalue weighted by Crippen LogP contribution is -2.46. The van der Waals surface area contributed by atoms with Crippen molar-refractivity contribution in [2.45, 2.75) is 64.3 Å². The van der Waals surface area contributed by atoms with Gasteiger partial charge in [0.25, 0.3) is 0 Å². The van der Waals surface area contributed by atoms with Crippen LogP contribution in [-0.4, -0.2) is 43.1 Å². The fourth-order valence-electron chi connectivity index (χ4n) is 2.51. The summed E-state index contributed by atoms with van der Waals surface area (Å²) in [4.78, 5) is 25.2. The summed E-state index contributed by atoms with van der Waals surface area (Å²) in [5.41, 5.74) is 0. The van der Waals surface area contributed by atoms with Crippen molar-refractivity contribution < 1.29 is 14.3 Å². The van der Waals surface area contributed by atoms with Crippen molar-refractivity contribution in [3.63, 3.8) is 0 Å². The van der Waals surface area contributed by atoms with E-state index in [0.29, 0.717) is 19.1 Å². The van der Waals surface area contributed by atoms with Gasteiger partial charge in [0.15, 0.2) is 0 Å². The average Bonchev–Trinajstić information content (AvgIpc) is 2.47.